The van der Waals surface area contributed by atoms with E-state index in [0.29, 0.717) is 12.1 Å². The number of rotatable bonds is 7. The molecule has 2 heteroatoms. The second-order valence-electron chi connectivity index (χ2n) is 6.70. The molecule has 2 nitrogen and oxygen atoms in total. The first-order valence-corrected chi connectivity index (χ1v) is 8.63. The molecule has 1 unspecified atom stereocenters. The second kappa shape index (κ2) is 8.43. The number of hydrogen-bond acceptors (Lipinski definition) is 2. The van der Waals surface area contributed by atoms with E-state index in [9.17, 15) is 0 Å². The Morgan fingerprint density at radius 2 is 1.81 bits per heavy atom. The molecule has 0 saturated heterocycles. The van der Waals surface area contributed by atoms with Crippen molar-refractivity contribution < 1.29 is 4.74 Å². The second-order valence-corrected chi connectivity index (χ2v) is 6.70. The first kappa shape index (κ1) is 16.4. The quantitative estimate of drug-likeness (QED) is 0.785. The van der Waals surface area contributed by atoms with E-state index in [4.69, 9.17) is 4.74 Å². The molecule has 1 N–H and O–H groups in total. The van der Waals surface area contributed by atoms with Gasteiger partial charge in [0.1, 0.15) is 12.4 Å². The lowest BCUT2D eigenvalue weighted by Crippen LogP contribution is -2.41. The molecule has 0 aliphatic heterocycles. The van der Waals surface area contributed by atoms with Crippen molar-refractivity contribution in [3.8, 4) is 5.75 Å². The highest BCUT2D eigenvalue weighted by molar-refractivity contribution is 5.26. The maximum absolute atomic E-state index is 5.86. The fourth-order valence-corrected chi connectivity index (χ4v) is 3.33. The van der Waals surface area contributed by atoms with Crippen molar-refractivity contribution in [1.29, 1.82) is 0 Å². The summed E-state index contributed by atoms with van der Waals surface area (Å²) in [6, 6.07) is 9.41. The van der Waals surface area contributed by atoms with Crippen LogP contribution in [0, 0.1) is 12.8 Å². The lowest BCUT2D eigenvalue weighted by atomic mass is 9.83. The van der Waals surface area contributed by atoms with Crippen LogP contribution in [-0.4, -0.2) is 18.7 Å². The van der Waals surface area contributed by atoms with Crippen molar-refractivity contribution in [2.75, 3.05) is 6.61 Å². The molecule has 0 heterocycles. The summed E-state index contributed by atoms with van der Waals surface area (Å²) in [5, 5.41) is 3.74. The molecule has 1 fully saturated rings. The minimum Gasteiger partial charge on any atom is -0.492 e. The average Bonchev–Trinajstić information content (AvgIpc) is 2.49. The molecule has 0 spiro atoms. The van der Waals surface area contributed by atoms with Gasteiger partial charge in [-0.3, -0.25) is 0 Å². The zero-order valence-corrected chi connectivity index (χ0v) is 13.9. The number of benzene rings is 1. The maximum atomic E-state index is 5.86. The van der Waals surface area contributed by atoms with Crippen LogP contribution in [-0.2, 0) is 0 Å². The van der Waals surface area contributed by atoms with E-state index in [0.717, 1.165) is 18.3 Å². The van der Waals surface area contributed by atoms with Gasteiger partial charge in [0.25, 0.3) is 0 Å². The number of aryl methyl sites for hydroxylation is 1. The molecule has 0 radical (unpaired) electrons. The van der Waals surface area contributed by atoms with Gasteiger partial charge < -0.3 is 10.1 Å². The van der Waals surface area contributed by atoms with Gasteiger partial charge in [0.15, 0.2) is 0 Å². The third-order valence-electron chi connectivity index (χ3n) is 4.58. The maximum Gasteiger partial charge on any atom is 0.119 e. The Bertz CT molecular complexity index is 393. The SMILES string of the molecule is CCCC1CCC(NC(C)COc2ccc(C)cc2)CC1. The molecule has 0 amide bonds. The summed E-state index contributed by atoms with van der Waals surface area (Å²) in [4.78, 5) is 0. The van der Waals surface area contributed by atoms with E-state index in [1.54, 1.807) is 0 Å². The monoisotopic (exact) mass is 289 g/mol. The van der Waals surface area contributed by atoms with Crippen LogP contribution in [0.5, 0.6) is 5.75 Å². The van der Waals surface area contributed by atoms with E-state index < -0.39 is 0 Å². The van der Waals surface area contributed by atoms with Crippen molar-refractivity contribution in [1.82, 2.24) is 5.32 Å². The molecule has 1 saturated carbocycles. The van der Waals surface area contributed by atoms with E-state index in [1.807, 2.05) is 0 Å². The van der Waals surface area contributed by atoms with Crippen LogP contribution in [0.2, 0.25) is 0 Å². The average molecular weight is 289 g/mol. The van der Waals surface area contributed by atoms with Crippen LogP contribution < -0.4 is 10.1 Å². The predicted molar refractivity (Wildman–Crippen MR) is 89.9 cm³/mol. The number of ether oxygens (including phenoxy) is 1. The van der Waals surface area contributed by atoms with Crippen LogP contribution in [0.15, 0.2) is 24.3 Å². The van der Waals surface area contributed by atoms with Crippen molar-refractivity contribution >= 4 is 0 Å². The van der Waals surface area contributed by atoms with Gasteiger partial charge in [-0.2, -0.15) is 0 Å². The summed E-state index contributed by atoms with van der Waals surface area (Å²) >= 11 is 0. The highest BCUT2D eigenvalue weighted by atomic mass is 16.5. The molecule has 21 heavy (non-hydrogen) atoms. The van der Waals surface area contributed by atoms with Crippen molar-refractivity contribution in [3.05, 3.63) is 29.8 Å². The minimum absolute atomic E-state index is 0.416. The summed E-state index contributed by atoms with van der Waals surface area (Å²) in [6.45, 7) is 7.38. The van der Waals surface area contributed by atoms with Crippen molar-refractivity contribution in [2.24, 2.45) is 5.92 Å². The Hall–Kier alpha value is -1.02. The summed E-state index contributed by atoms with van der Waals surface area (Å²) in [5.74, 6) is 1.95. The molecule has 1 aliphatic carbocycles. The van der Waals surface area contributed by atoms with Gasteiger partial charge in [-0.25, -0.2) is 0 Å². The first-order valence-electron chi connectivity index (χ1n) is 8.63. The third kappa shape index (κ3) is 5.70. The Morgan fingerprint density at radius 1 is 1.14 bits per heavy atom. The van der Waals surface area contributed by atoms with Crippen LogP contribution >= 0.6 is 0 Å². The summed E-state index contributed by atoms with van der Waals surface area (Å²) in [5.41, 5.74) is 1.28. The third-order valence-corrected chi connectivity index (χ3v) is 4.58. The summed E-state index contributed by atoms with van der Waals surface area (Å²) in [6.07, 6.45) is 8.22. The Balaban J connectivity index is 1.65. The fraction of sp³-hybridized carbons (Fsp3) is 0.684. The molecular weight excluding hydrogens is 258 g/mol. The number of nitrogens with one attached hydrogen (secondary N) is 1. The molecule has 1 aliphatic rings. The van der Waals surface area contributed by atoms with Gasteiger partial charge >= 0.3 is 0 Å². The highest BCUT2D eigenvalue weighted by Crippen LogP contribution is 2.27. The summed E-state index contributed by atoms with van der Waals surface area (Å²) in [7, 11) is 0. The van der Waals surface area contributed by atoms with Gasteiger partial charge in [-0.1, -0.05) is 37.5 Å². The topological polar surface area (TPSA) is 21.3 Å². The number of hydrogen-bond donors (Lipinski definition) is 1. The first-order chi connectivity index (χ1) is 10.2. The molecule has 2 rings (SSSR count). The molecular formula is C19H31NO. The lowest BCUT2D eigenvalue weighted by molar-refractivity contribution is 0.224. The van der Waals surface area contributed by atoms with Gasteiger partial charge in [0.05, 0.1) is 0 Å². The molecule has 0 bridgehead atoms. The summed E-state index contributed by atoms with van der Waals surface area (Å²) < 4.78 is 5.86. The standard InChI is InChI=1S/C19H31NO/c1-4-5-17-8-10-18(11-9-17)20-16(3)14-21-19-12-6-15(2)7-13-19/h6-7,12-13,16-18,20H,4-5,8-11,14H2,1-3H3. The van der Waals surface area contributed by atoms with Crippen molar-refractivity contribution in [3.63, 3.8) is 0 Å². The fourth-order valence-electron chi connectivity index (χ4n) is 3.33. The Labute approximate surface area is 130 Å². The van der Waals surface area contributed by atoms with Gasteiger partial charge in [0.2, 0.25) is 0 Å². The minimum atomic E-state index is 0.416. The van der Waals surface area contributed by atoms with E-state index >= 15 is 0 Å². The Morgan fingerprint density at radius 3 is 2.43 bits per heavy atom. The van der Waals surface area contributed by atoms with E-state index in [-0.39, 0.29) is 0 Å². The van der Waals surface area contributed by atoms with Crippen LogP contribution in [0.4, 0.5) is 0 Å². The Kier molecular flexibility index (Phi) is 6.56. The smallest absolute Gasteiger partial charge is 0.119 e. The van der Waals surface area contributed by atoms with E-state index in [1.165, 1.54) is 44.1 Å². The lowest BCUT2D eigenvalue weighted by Gasteiger charge is -2.31. The van der Waals surface area contributed by atoms with Gasteiger partial charge in [0, 0.05) is 12.1 Å². The largest absolute Gasteiger partial charge is 0.492 e. The highest BCUT2D eigenvalue weighted by Gasteiger charge is 2.21. The predicted octanol–water partition coefficient (Wildman–Crippen LogP) is 4.71. The van der Waals surface area contributed by atoms with E-state index in [2.05, 4.69) is 50.4 Å². The van der Waals surface area contributed by atoms with Crippen molar-refractivity contribution in [2.45, 2.75) is 71.4 Å². The molecule has 1 aromatic rings. The molecule has 0 aromatic heterocycles. The van der Waals surface area contributed by atoms with Crippen LogP contribution in [0.1, 0.15) is 57.9 Å². The zero-order valence-electron chi connectivity index (χ0n) is 13.9. The zero-order chi connectivity index (χ0) is 15.1. The van der Waals surface area contributed by atoms with Crippen LogP contribution in [0.25, 0.3) is 0 Å². The van der Waals surface area contributed by atoms with Gasteiger partial charge in [-0.15, -0.1) is 0 Å². The molecule has 118 valence electrons. The normalized spacial score (nSPS) is 23.8. The van der Waals surface area contributed by atoms with Crippen LogP contribution in [0.3, 0.4) is 0 Å². The molecule has 1 aromatic carbocycles. The molecule has 1 atom stereocenters. The van der Waals surface area contributed by atoms with Gasteiger partial charge in [-0.05, 0) is 57.6 Å².